The average molecular weight is 388 g/mol. The summed E-state index contributed by atoms with van der Waals surface area (Å²) >= 11 is 3.08. The molecule has 0 bridgehead atoms. The van der Waals surface area contributed by atoms with Crippen LogP contribution in [0.15, 0.2) is 32.5 Å². The van der Waals surface area contributed by atoms with Gasteiger partial charge in [0.15, 0.2) is 5.69 Å². The van der Waals surface area contributed by atoms with Crippen LogP contribution < -0.4 is 10.6 Å². The molecule has 0 saturated heterocycles. The van der Waals surface area contributed by atoms with Crippen LogP contribution in [0, 0.1) is 5.82 Å². The summed E-state index contributed by atoms with van der Waals surface area (Å²) in [5.41, 5.74) is 0.699. The number of oxime groups is 1. The van der Waals surface area contributed by atoms with Crippen LogP contribution in [-0.4, -0.2) is 41.6 Å². The molecular formula is C13H15BrFN5O3. The van der Waals surface area contributed by atoms with Crippen molar-refractivity contribution in [2.24, 2.45) is 5.16 Å². The molecule has 0 aliphatic carbocycles. The first-order valence-electron chi connectivity index (χ1n) is 6.65. The smallest absolute Gasteiger partial charge is 0.203 e. The van der Waals surface area contributed by atoms with E-state index in [2.05, 4.69) is 46.7 Å². The summed E-state index contributed by atoms with van der Waals surface area (Å²) in [5.74, 6) is -0.0665. The number of aromatic nitrogens is 2. The van der Waals surface area contributed by atoms with Crippen molar-refractivity contribution in [3.8, 4) is 0 Å². The lowest BCUT2D eigenvalue weighted by molar-refractivity contribution is 0.197. The lowest BCUT2D eigenvalue weighted by atomic mass is 10.3. The number of ether oxygens (including phenoxy) is 1. The van der Waals surface area contributed by atoms with E-state index in [4.69, 9.17) is 4.74 Å². The van der Waals surface area contributed by atoms with Crippen molar-refractivity contribution in [3.05, 3.63) is 34.2 Å². The van der Waals surface area contributed by atoms with Gasteiger partial charge >= 0.3 is 0 Å². The summed E-state index contributed by atoms with van der Waals surface area (Å²) in [6.07, 6.45) is 0.757. The maximum atomic E-state index is 13.2. The highest BCUT2D eigenvalue weighted by Crippen LogP contribution is 2.21. The number of hydrogen-bond acceptors (Lipinski definition) is 7. The van der Waals surface area contributed by atoms with Crippen LogP contribution in [0.1, 0.15) is 12.1 Å². The molecule has 0 radical (unpaired) electrons. The SMILES string of the molecule is COCCCNc1nonc1C(=NO)Nc1ccc(F)c(Br)c1. The van der Waals surface area contributed by atoms with E-state index in [9.17, 15) is 9.60 Å². The van der Waals surface area contributed by atoms with Crippen LogP contribution >= 0.6 is 15.9 Å². The van der Waals surface area contributed by atoms with Crippen molar-refractivity contribution in [1.29, 1.82) is 0 Å². The van der Waals surface area contributed by atoms with Gasteiger partial charge in [-0.15, -0.1) is 0 Å². The van der Waals surface area contributed by atoms with Gasteiger partial charge in [-0.2, -0.15) is 0 Å². The molecule has 1 aromatic heterocycles. The van der Waals surface area contributed by atoms with Crippen molar-refractivity contribution in [3.63, 3.8) is 0 Å². The Morgan fingerprint density at radius 1 is 1.48 bits per heavy atom. The number of anilines is 2. The Morgan fingerprint density at radius 2 is 2.30 bits per heavy atom. The molecule has 3 N–H and O–H groups in total. The zero-order chi connectivity index (χ0) is 16.7. The lowest BCUT2D eigenvalue weighted by Crippen LogP contribution is -2.17. The lowest BCUT2D eigenvalue weighted by Gasteiger charge is -2.08. The fraction of sp³-hybridized carbons (Fsp3) is 0.308. The summed E-state index contributed by atoms with van der Waals surface area (Å²) in [5, 5.41) is 25.6. The van der Waals surface area contributed by atoms with E-state index in [1.54, 1.807) is 7.11 Å². The molecule has 0 aliphatic rings. The zero-order valence-electron chi connectivity index (χ0n) is 12.2. The Hall–Kier alpha value is -2.20. The maximum Gasteiger partial charge on any atom is 0.203 e. The van der Waals surface area contributed by atoms with Gasteiger partial charge in [0.2, 0.25) is 11.7 Å². The van der Waals surface area contributed by atoms with E-state index in [0.29, 0.717) is 24.7 Å². The fourth-order valence-electron chi connectivity index (χ4n) is 1.73. The van der Waals surface area contributed by atoms with E-state index >= 15 is 0 Å². The van der Waals surface area contributed by atoms with Gasteiger partial charge in [0.25, 0.3) is 0 Å². The monoisotopic (exact) mass is 387 g/mol. The van der Waals surface area contributed by atoms with Gasteiger partial charge in [-0.25, -0.2) is 9.02 Å². The second-order valence-electron chi connectivity index (χ2n) is 4.44. The second-order valence-corrected chi connectivity index (χ2v) is 5.29. The predicted molar refractivity (Wildman–Crippen MR) is 85.3 cm³/mol. The van der Waals surface area contributed by atoms with E-state index in [1.165, 1.54) is 18.2 Å². The first-order chi connectivity index (χ1) is 11.2. The highest BCUT2D eigenvalue weighted by molar-refractivity contribution is 9.10. The van der Waals surface area contributed by atoms with Crippen LogP contribution in [0.5, 0.6) is 0 Å². The predicted octanol–water partition coefficient (Wildman–Crippen LogP) is 2.67. The first kappa shape index (κ1) is 17.2. The van der Waals surface area contributed by atoms with Gasteiger partial charge in [-0.3, -0.25) is 0 Å². The van der Waals surface area contributed by atoms with Gasteiger partial charge in [0, 0.05) is 25.9 Å². The molecule has 23 heavy (non-hydrogen) atoms. The molecular weight excluding hydrogens is 373 g/mol. The van der Waals surface area contributed by atoms with Crippen molar-refractivity contribution < 1.29 is 19.0 Å². The van der Waals surface area contributed by atoms with Crippen LogP contribution in [0.2, 0.25) is 0 Å². The number of halogens is 2. The number of rotatable bonds is 7. The highest BCUT2D eigenvalue weighted by Gasteiger charge is 2.17. The zero-order valence-corrected chi connectivity index (χ0v) is 13.8. The summed E-state index contributed by atoms with van der Waals surface area (Å²) in [6, 6.07) is 4.26. The third kappa shape index (κ3) is 4.63. The molecule has 124 valence electrons. The number of benzene rings is 1. The topological polar surface area (TPSA) is 105 Å². The Labute approximate surface area is 139 Å². The molecule has 0 saturated carbocycles. The molecule has 8 nitrogen and oxygen atoms in total. The minimum absolute atomic E-state index is 0.0130. The molecule has 10 heteroatoms. The highest BCUT2D eigenvalue weighted by atomic mass is 79.9. The molecule has 0 atom stereocenters. The third-order valence-electron chi connectivity index (χ3n) is 2.81. The van der Waals surface area contributed by atoms with Crippen LogP contribution in [0.3, 0.4) is 0 Å². The number of amidine groups is 1. The molecule has 1 aromatic carbocycles. The average Bonchev–Trinajstić information content (AvgIpc) is 3.01. The van der Waals surface area contributed by atoms with Gasteiger partial charge in [-0.05, 0) is 50.9 Å². The fourth-order valence-corrected chi connectivity index (χ4v) is 2.10. The summed E-state index contributed by atoms with van der Waals surface area (Å²) in [6.45, 7) is 1.17. The van der Waals surface area contributed by atoms with Gasteiger partial charge in [0.1, 0.15) is 5.82 Å². The third-order valence-corrected chi connectivity index (χ3v) is 3.42. The second kappa shape index (κ2) is 8.44. The van der Waals surface area contributed by atoms with Crippen molar-refractivity contribution in [2.75, 3.05) is 30.9 Å². The summed E-state index contributed by atoms with van der Waals surface area (Å²) < 4.78 is 23.1. The van der Waals surface area contributed by atoms with E-state index in [1.807, 2.05) is 0 Å². The molecule has 0 amide bonds. The van der Waals surface area contributed by atoms with Crippen molar-refractivity contribution in [1.82, 2.24) is 10.3 Å². The quantitative estimate of drug-likeness (QED) is 0.220. The number of nitrogens with zero attached hydrogens (tertiary/aromatic N) is 3. The van der Waals surface area contributed by atoms with Crippen LogP contribution in [0.4, 0.5) is 15.9 Å². The molecule has 0 unspecified atom stereocenters. The molecule has 0 aliphatic heterocycles. The minimum Gasteiger partial charge on any atom is -0.409 e. The van der Waals surface area contributed by atoms with E-state index in [-0.39, 0.29) is 16.0 Å². The summed E-state index contributed by atoms with van der Waals surface area (Å²) in [7, 11) is 1.62. The normalized spacial score (nSPS) is 11.5. The Morgan fingerprint density at radius 3 is 3.00 bits per heavy atom. The maximum absolute atomic E-state index is 13.2. The standard InChI is InChI=1S/C13H15BrFN5O3/c1-22-6-2-5-16-12-11(19-23-20-12)13(18-21)17-8-3-4-10(15)9(14)7-8/h3-4,7,21H,2,5-6H2,1H3,(H,16,20)(H,17,18). The molecule has 0 fully saturated rings. The number of nitrogens with one attached hydrogen (secondary N) is 2. The van der Waals surface area contributed by atoms with Crippen LogP contribution in [0.25, 0.3) is 0 Å². The Balaban J connectivity index is 2.09. The van der Waals surface area contributed by atoms with Crippen molar-refractivity contribution >= 4 is 33.3 Å². The van der Waals surface area contributed by atoms with Gasteiger partial charge in [-0.1, -0.05) is 5.16 Å². The molecule has 2 rings (SSSR count). The number of methoxy groups -OCH3 is 1. The van der Waals surface area contributed by atoms with E-state index < -0.39 is 5.82 Å². The first-order valence-corrected chi connectivity index (χ1v) is 7.45. The summed E-state index contributed by atoms with van der Waals surface area (Å²) in [4.78, 5) is 0. The largest absolute Gasteiger partial charge is 0.409 e. The molecule has 2 aromatic rings. The van der Waals surface area contributed by atoms with Crippen molar-refractivity contribution in [2.45, 2.75) is 6.42 Å². The Bertz CT molecular complexity index is 679. The Kier molecular flexibility index (Phi) is 6.29. The molecule has 0 spiro atoms. The van der Waals surface area contributed by atoms with Crippen LogP contribution in [-0.2, 0) is 4.74 Å². The van der Waals surface area contributed by atoms with Gasteiger partial charge < -0.3 is 20.6 Å². The molecule has 1 heterocycles. The van der Waals surface area contributed by atoms with E-state index in [0.717, 1.165) is 6.42 Å². The minimum atomic E-state index is -0.401. The number of hydrogen-bond donors (Lipinski definition) is 3. The van der Waals surface area contributed by atoms with Gasteiger partial charge in [0.05, 0.1) is 4.47 Å².